The quantitative estimate of drug-likeness (QED) is 0.394. The van der Waals surface area contributed by atoms with Gasteiger partial charge in [0.05, 0.1) is 0 Å². The van der Waals surface area contributed by atoms with Crippen LogP contribution in [0.2, 0.25) is 0 Å². The zero-order valence-electron chi connectivity index (χ0n) is 10.1. The molecule has 0 N–H and O–H groups in total. The molecule has 7 heteroatoms. The summed E-state index contributed by atoms with van der Waals surface area (Å²) < 4.78 is 0. The van der Waals surface area contributed by atoms with Crippen LogP contribution >= 0.6 is 41.5 Å². The summed E-state index contributed by atoms with van der Waals surface area (Å²) >= 11 is 2.89. The van der Waals surface area contributed by atoms with Gasteiger partial charge in [-0.15, -0.1) is 0 Å². The van der Waals surface area contributed by atoms with Crippen LogP contribution in [0.1, 0.15) is 26.7 Å². The summed E-state index contributed by atoms with van der Waals surface area (Å²) in [6.45, 7) is 3.25. The molecule has 2 nitrogen and oxygen atoms in total. The molecule has 0 aromatic rings. The molecule has 0 amide bonds. The summed E-state index contributed by atoms with van der Waals surface area (Å²) in [5.41, 5.74) is 0. The minimum atomic E-state index is 0.0357. The molecular formula is C10H18O2S4Te. The Hall–Kier alpha value is 1.53. The molecule has 0 aromatic heterocycles. The van der Waals surface area contributed by atoms with E-state index in [1.807, 2.05) is 0 Å². The van der Waals surface area contributed by atoms with Crippen molar-refractivity contribution in [3.63, 3.8) is 0 Å². The molecule has 100 valence electrons. The van der Waals surface area contributed by atoms with Gasteiger partial charge < -0.3 is 0 Å². The van der Waals surface area contributed by atoms with E-state index in [-0.39, 0.29) is 28.4 Å². The second-order valence-corrected chi connectivity index (χ2v) is 15.0. The summed E-state index contributed by atoms with van der Waals surface area (Å²) in [6, 6.07) is 0. The molecule has 0 aliphatic rings. The zero-order chi connectivity index (χ0) is 12.9. The van der Waals surface area contributed by atoms with Crippen LogP contribution in [0.15, 0.2) is 0 Å². The predicted molar refractivity (Wildman–Crippen MR) is 86.2 cm³/mol. The fourth-order valence-corrected chi connectivity index (χ4v) is 10.9. The van der Waals surface area contributed by atoms with E-state index in [1.165, 1.54) is 35.0 Å². The molecule has 0 radical (unpaired) electrons. The van der Waals surface area contributed by atoms with Crippen LogP contribution in [0, 0.1) is 0 Å². The van der Waals surface area contributed by atoms with Gasteiger partial charge in [0.25, 0.3) is 0 Å². The average molecular weight is 426 g/mol. The van der Waals surface area contributed by atoms with Gasteiger partial charge in [-0.25, -0.2) is 0 Å². The Labute approximate surface area is 128 Å². The molecule has 0 heterocycles. The third kappa shape index (κ3) is 17.5. The Morgan fingerprint density at radius 2 is 1.24 bits per heavy atom. The summed E-state index contributed by atoms with van der Waals surface area (Å²) in [5.74, 6) is 4.32. The summed E-state index contributed by atoms with van der Waals surface area (Å²) in [4.78, 5) is 21.3. The van der Waals surface area contributed by atoms with Crippen LogP contribution in [0.25, 0.3) is 0 Å². The van der Waals surface area contributed by atoms with Crippen LogP contribution in [-0.2, 0) is 9.59 Å². The number of rotatable bonds is 10. The van der Waals surface area contributed by atoms with Crippen molar-refractivity contribution < 1.29 is 9.59 Å². The van der Waals surface area contributed by atoms with Gasteiger partial charge in [-0.1, -0.05) is 0 Å². The number of carbonyl (C=O) groups is 2. The SMILES string of the molecule is CC(=O)SCCCS[Te]SCCCSC(C)=O. The standard InChI is InChI=1S/C10H18O2S4Te/c1-9(11)13-5-3-7-15-17-16-8-4-6-14-10(2)12/h3-8H2,1-2H3. The van der Waals surface area contributed by atoms with Crippen molar-refractivity contribution in [2.24, 2.45) is 0 Å². The van der Waals surface area contributed by atoms with Gasteiger partial charge in [-0.2, -0.15) is 0 Å². The third-order valence-electron chi connectivity index (χ3n) is 1.45. The first kappa shape index (κ1) is 18.5. The van der Waals surface area contributed by atoms with E-state index >= 15 is 0 Å². The summed E-state index contributed by atoms with van der Waals surface area (Å²) in [6.07, 6.45) is 2.28. The van der Waals surface area contributed by atoms with Crippen LogP contribution < -0.4 is 0 Å². The molecule has 0 fully saturated rings. The molecule has 17 heavy (non-hydrogen) atoms. The zero-order valence-corrected chi connectivity index (χ0v) is 15.7. The average Bonchev–Trinajstić information content (AvgIpc) is 2.25. The van der Waals surface area contributed by atoms with Crippen molar-refractivity contribution >= 4 is 69.9 Å². The molecule has 0 bridgehead atoms. The Bertz CT molecular complexity index is 204. The fourth-order valence-electron chi connectivity index (χ4n) is 0.770. The first-order valence-electron chi connectivity index (χ1n) is 5.30. The molecule has 0 spiro atoms. The molecule has 0 saturated carbocycles. The van der Waals surface area contributed by atoms with Crippen molar-refractivity contribution in [3.05, 3.63) is 0 Å². The fraction of sp³-hybridized carbons (Fsp3) is 0.800. The van der Waals surface area contributed by atoms with E-state index in [0.717, 1.165) is 24.3 Å². The van der Waals surface area contributed by atoms with Gasteiger partial charge in [0, 0.05) is 0 Å². The molecular weight excluding hydrogens is 408 g/mol. The van der Waals surface area contributed by atoms with Crippen LogP contribution in [-0.4, -0.2) is 51.4 Å². The second kappa shape index (κ2) is 13.9. The minimum absolute atomic E-state index is 0.0357. The molecule has 0 rings (SSSR count). The van der Waals surface area contributed by atoms with E-state index in [4.69, 9.17) is 0 Å². The molecule has 0 aliphatic carbocycles. The van der Waals surface area contributed by atoms with Gasteiger partial charge in [0.1, 0.15) is 0 Å². The van der Waals surface area contributed by atoms with Crippen molar-refractivity contribution in [1.29, 1.82) is 0 Å². The number of hydrogen-bond acceptors (Lipinski definition) is 6. The van der Waals surface area contributed by atoms with Crippen LogP contribution in [0.3, 0.4) is 0 Å². The van der Waals surface area contributed by atoms with Crippen molar-refractivity contribution in [1.82, 2.24) is 0 Å². The van der Waals surface area contributed by atoms with E-state index in [2.05, 4.69) is 18.0 Å². The van der Waals surface area contributed by atoms with Crippen molar-refractivity contribution in [2.45, 2.75) is 26.7 Å². The van der Waals surface area contributed by atoms with E-state index in [1.54, 1.807) is 13.8 Å². The Morgan fingerprint density at radius 1 is 0.824 bits per heavy atom. The molecule has 0 saturated heterocycles. The molecule has 0 aromatic carbocycles. The van der Waals surface area contributed by atoms with Gasteiger partial charge in [-0.3, -0.25) is 0 Å². The second-order valence-electron chi connectivity index (χ2n) is 3.10. The Kier molecular flexibility index (Phi) is 15.2. The van der Waals surface area contributed by atoms with Gasteiger partial charge in [0.2, 0.25) is 0 Å². The summed E-state index contributed by atoms with van der Waals surface area (Å²) in [5, 5.41) is 0.451. The topological polar surface area (TPSA) is 34.1 Å². The van der Waals surface area contributed by atoms with E-state index in [9.17, 15) is 9.59 Å². The van der Waals surface area contributed by atoms with Gasteiger partial charge >= 0.3 is 129 Å². The summed E-state index contributed by atoms with van der Waals surface area (Å²) in [7, 11) is 4.13. The van der Waals surface area contributed by atoms with Crippen molar-refractivity contribution in [3.8, 4) is 0 Å². The Balaban J connectivity index is 2.98. The molecule has 0 unspecified atom stereocenters. The predicted octanol–water partition coefficient (Wildman–Crippen LogP) is 3.33. The van der Waals surface area contributed by atoms with E-state index in [0.29, 0.717) is 0 Å². The number of thioether (sulfide) groups is 2. The number of carbonyl (C=O) groups excluding carboxylic acids is 2. The maximum atomic E-state index is 10.7. The number of hydrogen-bond donors (Lipinski definition) is 0. The van der Waals surface area contributed by atoms with E-state index < -0.39 is 0 Å². The van der Waals surface area contributed by atoms with Crippen LogP contribution in [0.4, 0.5) is 0 Å². The van der Waals surface area contributed by atoms with Crippen LogP contribution in [0.5, 0.6) is 0 Å². The third-order valence-corrected chi connectivity index (χ3v) is 12.7. The first-order valence-corrected chi connectivity index (χ1v) is 14.8. The van der Waals surface area contributed by atoms with Gasteiger partial charge in [0.15, 0.2) is 0 Å². The molecule has 0 atom stereocenters. The van der Waals surface area contributed by atoms with Gasteiger partial charge in [-0.05, 0) is 0 Å². The maximum absolute atomic E-state index is 10.7. The van der Waals surface area contributed by atoms with Crippen molar-refractivity contribution in [2.75, 3.05) is 23.0 Å². The first-order chi connectivity index (χ1) is 8.13. The Morgan fingerprint density at radius 3 is 1.59 bits per heavy atom. The molecule has 0 aliphatic heterocycles. The monoisotopic (exact) mass is 428 g/mol. The normalized spacial score (nSPS) is 10.5.